The minimum Gasteiger partial charge on any atom is -0.481 e. The van der Waals surface area contributed by atoms with Gasteiger partial charge in [-0.3, -0.25) is 9.59 Å². The molecule has 2 N–H and O–H groups in total. The fourth-order valence-electron chi connectivity index (χ4n) is 1.30. The van der Waals surface area contributed by atoms with Gasteiger partial charge in [0.05, 0.1) is 5.69 Å². The van der Waals surface area contributed by atoms with Crippen LogP contribution in [0.2, 0.25) is 0 Å². The molecule has 0 unspecified atom stereocenters. The van der Waals surface area contributed by atoms with Crippen molar-refractivity contribution in [3.05, 3.63) is 10.6 Å². The van der Waals surface area contributed by atoms with Gasteiger partial charge in [-0.1, -0.05) is 17.8 Å². The average Bonchev–Trinajstić information content (AvgIpc) is 2.72. The summed E-state index contributed by atoms with van der Waals surface area (Å²) < 4.78 is 3.76. The van der Waals surface area contributed by atoms with Gasteiger partial charge in [0.15, 0.2) is 0 Å². The molecule has 17 heavy (non-hydrogen) atoms. The van der Waals surface area contributed by atoms with E-state index >= 15 is 0 Å². The van der Waals surface area contributed by atoms with Gasteiger partial charge in [0.25, 0.3) is 5.91 Å². The molecular formula is C10H15N3O3S. The van der Waals surface area contributed by atoms with Gasteiger partial charge >= 0.3 is 5.97 Å². The summed E-state index contributed by atoms with van der Waals surface area (Å²) in [5.74, 6) is -1.07. The van der Waals surface area contributed by atoms with Crippen molar-refractivity contribution < 1.29 is 14.7 Å². The number of nitrogens with one attached hydrogen (secondary N) is 1. The second-order valence-electron chi connectivity index (χ2n) is 3.55. The Morgan fingerprint density at radius 1 is 1.47 bits per heavy atom. The molecule has 0 radical (unpaired) electrons. The molecule has 0 bridgehead atoms. The molecule has 0 aliphatic rings. The minimum absolute atomic E-state index is 0.0586. The Kier molecular flexibility index (Phi) is 5.55. The summed E-state index contributed by atoms with van der Waals surface area (Å²) in [6.07, 6.45) is 2.12. The number of hydrogen-bond acceptors (Lipinski definition) is 5. The standard InChI is InChI=1S/C10H15N3O3S/c1-2-4-7-9(17-13-12-7)10(16)11-6-3-5-8(14)15/h2-6H2,1H3,(H,11,16)(H,14,15). The van der Waals surface area contributed by atoms with E-state index in [-0.39, 0.29) is 12.3 Å². The highest BCUT2D eigenvalue weighted by atomic mass is 32.1. The zero-order chi connectivity index (χ0) is 12.7. The number of rotatable bonds is 7. The van der Waals surface area contributed by atoms with Crippen molar-refractivity contribution in [1.29, 1.82) is 0 Å². The molecule has 0 fully saturated rings. The highest BCUT2D eigenvalue weighted by Crippen LogP contribution is 2.12. The van der Waals surface area contributed by atoms with Gasteiger partial charge in [-0.05, 0) is 24.4 Å². The van der Waals surface area contributed by atoms with Crippen LogP contribution in [0.25, 0.3) is 0 Å². The van der Waals surface area contributed by atoms with Crippen LogP contribution in [0.3, 0.4) is 0 Å². The molecule has 0 aliphatic carbocycles. The number of carbonyl (C=O) groups is 2. The van der Waals surface area contributed by atoms with Crippen molar-refractivity contribution in [3.8, 4) is 0 Å². The van der Waals surface area contributed by atoms with Gasteiger partial charge in [-0.15, -0.1) is 5.10 Å². The number of nitrogens with zero attached hydrogens (tertiary/aromatic N) is 2. The summed E-state index contributed by atoms with van der Waals surface area (Å²) in [4.78, 5) is 22.5. The molecule has 0 atom stereocenters. The molecule has 1 amide bonds. The third kappa shape index (κ3) is 4.48. The fraction of sp³-hybridized carbons (Fsp3) is 0.600. The number of carboxylic acids is 1. The second kappa shape index (κ2) is 6.95. The third-order valence-corrected chi connectivity index (χ3v) is 2.87. The summed E-state index contributed by atoms with van der Waals surface area (Å²) in [6, 6.07) is 0. The maximum atomic E-state index is 11.7. The molecule has 7 heteroatoms. The van der Waals surface area contributed by atoms with E-state index in [9.17, 15) is 9.59 Å². The molecule has 94 valence electrons. The van der Waals surface area contributed by atoms with Gasteiger partial charge in [-0.25, -0.2) is 0 Å². The zero-order valence-corrected chi connectivity index (χ0v) is 10.4. The first-order valence-electron chi connectivity index (χ1n) is 5.46. The van der Waals surface area contributed by atoms with Gasteiger partial charge in [0.1, 0.15) is 4.88 Å². The fourth-order valence-corrected chi connectivity index (χ4v) is 1.93. The molecule has 1 aromatic rings. The highest BCUT2D eigenvalue weighted by molar-refractivity contribution is 7.08. The number of aliphatic carboxylic acids is 1. The second-order valence-corrected chi connectivity index (χ2v) is 4.31. The van der Waals surface area contributed by atoms with Crippen LogP contribution in [-0.4, -0.2) is 33.1 Å². The number of aromatic nitrogens is 2. The normalized spacial score (nSPS) is 10.2. The third-order valence-electron chi connectivity index (χ3n) is 2.10. The first-order valence-corrected chi connectivity index (χ1v) is 6.23. The number of amides is 1. The molecule has 0 saturated heterocycles. The maximum Gasteiger partial charge on any atom is 0.303 e. The highest BCUT2D eigenvalue weighted by Gasteiger charge is 2.14. The Morgan fingerprint density at radius 2 is 2.24 bits per heavy atom. The summed E-state index contributed by atoms with van der Waals surface area (Å²) in [6.45, 7) is 2.36. The largest absolute Gasteiger partial charge is 0.481 e. The van der Waals surface area contributed by atoms with E-state index in [2.05, 4.69) is 14.9 Å². The van der Waals surface area contributed by atoms with Crippen LogP contribution in [-0.2, 0) is 11.2 Å². The Labute approximate surface area is 103 Å². The van der Waals surface area contributed by atoms with Crippen molar-refractivity contribution in [1.82, 2.24) is 14.9 Å². The van der Waals surface area contributed by atoms with E-state index in [1.54, 1.807) is 0 Å². The molecule has 1 heterocycles. The van der Waals surface area contributed by atoms with Crippen LogP contribution in [0, 0.1) is 0 Å². The van der Waals surface area contributed by atoms with E-state index < -0.39 is 5.97 Å². The molecule has 6 nitrogen and oxygen atoms in total. The van der Waals surface area contributed by atoms with Crippen LogP contribution in [0.5, 0.6) is 0 Å². The molecule has 0 spiro atoms. The molecule has 0 aromatic carbocycles. The van der Waals surface area contributed by atoms with Crippen molar-refractivity contribution in [3.63, 3.8) is 0 Å². The zero-order valence-electron chi connectivity index (χ0n) is 9.60. The van der Waals surface area contributed by atoms with E-state index in [1.165, 1.54) is 0 Å². The predicted molar refractivity (Wildman–Crippen MR) is 63.1 cm³/mol. The predicted octanol–water partition coefficient (Wildman–Crippen LogP) is 1.09. The van der Waals surface area contributed by atoms with Gasteiger partial charge in [0, 0.05) is 13.0 Å². The van der Waals surface area contributed by atoms with E-state index in [4.69, 9.17) is 5.11 Å². The van der Waals surface area contributed by atoms with Crippen molar-refractivity contribution >= 4 is 23.4 Å². The topological polar surface area (TPSA) is 92.2 Å². The summed E-state index contributed by atoms with van der Waals surface area (Å²) >= 11 is 1.07. The molecule has 0 saturated carbocycles. The molecule has 0 aliphatic heterocycles. The Morgan fingerprint density at radius 3 is 2.88 bits per heavy atom. The van der Waals surface area contributed by atoms with Crippen molar-refractivity contribution in [2.24, 2.45) is 0 Å². The molecule has 1 rings (SSSR count). The maximum absolute atomic E-state index is 11.7. The SMILES string of the molecule is CCCc1nnsc1C(=O)NCCCC(=O)O. The first kappa shape index (κ1) is 13.6. The summed E-state index contributed by atoms with van der Waals surface area (Å²) in [7, 11) is 0. The van der Waals surface area contributed by atoms with Crippen molar-refractivity contribution in [2.45, 2.75) is 32.6 Å². The Hall–Kier alpha value is -1.50. The number of carbonyl (C=O) groups excluding carboxylic acids is 1. The first-order chi connectivity index (χ1) is 8.15. The number of carboxylic acid groups (broad SMARTS) is 1. The van der Waals surface area contributed by atoms with Crippen LogP contribution in [0.15, 0.2) is 0 Å². The number of aryl methyl sites for hydroxylation is 1. The van der Waals surface area contributed by atoms with E-state index in [1.807, 2.05) is 6.92 Å². The van der Waals surface area contributed by atoms with Gasteiger partial charge in [-0.2, -0.15) is 0 Å². The van der Waals surface area contributed by atoms with Crippen LogP contribution in [0.4, 0.5) is 0 Å². The van der Waals surface area contributed by atoms with E-state index in [0.29, 0.717) is 23.5 Å². The Balaban J connectivity index is 2.41. The smallest absolute Gasteiger partial charge is 0.303 e. The lowest BCUT2D eigenvalue weighted by Gasteiger charge is -2.02. The minimum atomic E-state index is -0.856. The van der Waals surface area contributed by atoms with Gasteiger partial charge < -0.3 is 10.4 Å². The Bertz CT molecular complexity index is 392. The lowest BCUT2D eigenvalue weighted by Crippen LogP contribution is -2.25. The van der Waals surface area contributed by atoms with E-state index in [0.717, 1.165) is 24.4 Å². The van der Waals surface area contributed by atoms with Crippen molar-refractivity contribution in [2.75, 3.05) is 6.54 Å². The van der Waals surface area contributed by atoms with Crippen LogP contribution >= 0.6 is 11.5 Å². The molecular weight excluding hydrogens is 242 g/mol. The summed E-state index contributed by atoms with van der Waals surface area (Å²) in [5, 5.41) is 15.0. The van der Waals surface area contributed by atoms with Gasteiger partial charge in [0.2, 0.25) is 0 Å². The lowest BCUT2D eigenvalue weighted by molar-refractivity contribution is -0.137. The van der Waals surface area contributed by atoms with Crippen LogP contribution in [0.1, 0.15) is 41.6 Å². The quantitative estimate of drug-likeness (QED) is 0.713. The monoisotopic (exact) mass is 257 g/mol. The number of hydrogen-bond donors (Lipinski definition) is 2. The average molecular weight is 257 g/mol. The van der Waals surface area contributed by atoms with Crippen LogP contribution < -0.4 is 5.32 Å². The summed E-state index contributed by atoms with van der Waals surface area (Å²) in [5.41, 5.74) is 0.716. The molecule has 1 aromatic heterocycles. The lowest BCUT2D eigenvalue weighted by atomic mass is 10.2.